The van der Waals surface area contributed by atoms with Crippen LogP contribution in [0, 0.1) is 0 Å². The van der Waals surface area contributed by atoms with Crippen LogP contribution in [-0.2, 0) is 4.79 Å². The van der Waals surface area contributed by atoms with Crippen molar-refractivity contribution in [2.45, 2.75) is 12.8 Å². The molecule has 24 heavy (non-hydrogen) atoms. The van der Waals surface area contributed by atoms with Crippen molar-refractivity contribution in [3.8, 4) is 11.3 Å². The molecular weight excluding hydrogens is 320 g/mol. The van der Waals surface area contributed by atoms with E-state index in [-0.39, 0.29) is 24.5 Å². The van der Waals surface area contributed by atoms with Crippen molar-refractivity contribution in [2.75, 3.05) is 5.32 Å². The Hall–Kier alpha value is -2.79. The lowest BCUT2D eigenvalue weighted by Gasteiger charge is -2.02. The molecule has 1 amide bonds. The van der Waals surface area contributed by atoms with Gasteiger partial charge < -0.3 is 5.32 Å². The number of benzene rings is 2. The van der Waals surface area contributed by atoms with E-state index < -0.39 is 0 Å². The maximum absolute atomic E-state index is 12.0. The normalized spacial score (nSPS) is 10.3. The van der Waals surface area contributed by atoms with Crippen molar-refractivity contribution in [3.63, 3.8) is 0 Å². The summed E-state index contributed by atoms with van der Waals surface area (Å²) in [4.78, 5) is 28.4. The second kappa shape index (κ2) is 7.66. The Morgan fingerprint density at radius 2 is 1.58 bits per heavy atom. The van der Waals surface area contributed by atoms with Crippen LogP contribution >= 0.6 is 11.3 Å². The topological polar surface area (TPSA) is 59.1 Å². The van der Waals surface area contributed by atoms with Gasteiger partial charge in [0.25, 0.3) is 0 Å². The number of Topliss-reactive ketones (excluding diaryl/α,β-unsaturated/α-hetero) is 1. The van der Waals surface area contributed by atoms with E-state index in [4.69, 9.17) is 0 Å². The summed E-state index contributed by atoms with van der Waals surface area (Å²) in [6.45, 7) is 0. The molecule has 0 saturated carbocycles. The number of amides is 1. The fourth-order valence-corrected chi connectivity index (χ4v) is 2.99. The average Bonchev–Trinajstić information content (AvgIpc) is 3.09. The molecule has 0 saturated heterocycles. The van der Waals surface area contributed by atoms with Gasteiger partial charge in [0.1, 0.15) is 0 Å². The summed E-state index contributed by atoms with van der Waals surface area (Å²) in [7, 11) is 0. The molecule has 2 aromatic carbocycles. The van der Waals surface area contributed by atoms with Crippen molar-refractivity contribution in [2.24, 2.45) is 0 Å². The van der Waals surface area contributed by atoms with Gasteiger partial charge in [0.15, 0.2) is 10.9 Å². The van der Waals surface area contributed by atoms with Crippen LogP contribution in [0.2, 0.25) is 0 Å². The van der Waals surface area contributed by atoms with Crippen LogP contribution in [0.15, 0.2) is 66.0 Å². The monoisotopic (exact) mass is 336 g/mol. The zero-order valence-corrected chi connectivity index (χ0v) is 13.8. The molecule has 1 N–H and O–H groups in total. The fraction of sp³-hybridized carbons (Fsp3) is 0.105. The minimum absolute atomic E-state index is 0.0325. The van der Waals surface area contributed by atoms with Gasteiger partial charge in [0, 0.05) is 29.3 Å². The summed E-state index contributed by atoms with van der Waals surface area (Å²) in [6, 6.07) is 18.8. The van der Waals surface area contributed by atoms with Gasteiger partial charge in [0.05, 0.1) is 5.69 Å². The zero-order valence-electron chi connectivity index (χ0n) is 12.9. The van der Waals surface area contributed by atoms with Gasteiger partial charge >= 0.3 is 0 Å². The highest BCUT2D eigenvalue weighted by Crippen LogP contribution is 2.24. The molecule has 0 aliphatic carbocycles. The SMILES string of the molecule is O=C(CCC(=O)c1ccccc1)Nc1nc(-c2ccccc2)cs1. The molecule has 3 aromatic rings. The van der Waals surface area contributed by atoms with Crippen molar-refractivity contribution in [1.29, 1.82) is 0 Å². The highest BCUT2D eigenvalue weighted by Gasteiger charge is 2.11. The lowest BCUT2D eigenvalue weighted by Crippen LogP contribution is -2.13. The quantitative estimate of drug-likeness (QED) is 0.678. The van der Waals surface area contributed by atoms with E-state index in [0.29, 0.717) is 10.7 Å². The number of anilines is 1. The summed E-state index contributed by atoms with van der Waals surface area (Å²) in [6.07, 6.45) is 0.334. The summed E-state index contributed by atoms with van der Waals surface area (Å²) in [5.41, 5.74) is 2.47. The minimum Gasteiger partial charge on any atom is -0.302 e. The van der Waals surface area contributed by atoms with E-state index >= 15 is 0 Å². The number of ketones is 1. The van der Waals surface area contributed by atoms with E-state index in [9.17, 15) is 9.59 Å². The molecule has 0 spiro atoms. The van der Waals surface area contributed by atoms with Crippen LogP contribution in [0.4, 0.5) is 5.13 Å². The zero-order chi connectivity index (χ0) is 16.8. The van der Waals surface area contributed by atoms with E-state index in [1.807, 2.05) is 53.9 Å². The Kier molecular flexibility index (Phi) is 5.13. The number of nitrogens with one attached hydrogen (secondary N) is 1. The van der Waals surface area contributed by atoms with Crippen LogP contribution in [0.5, 0.6) is 0 Å². The van der Waals surface area contributed by atoms with Crippen LogP contribution in [0.3, 0.4) is 0 Å². The molecule has 4 nitrogen and oxygen atoms in total. The Morgan fingerprint density at radius 1 is 0.917 bits per heavy atom. The number of nitrogens with zero attached hydrogens (tertiary/aromatic N) is 1. The summed E-state index contributed by atoms with van der Waals surface area (Å²) < 4.78 is 0. The standard InChI is InChI=1S/C19H16N2O2S/c22-17(15-9-5-2-6-10-15)11-12-18(23)21-19-20-16(13-24-19)14-7-3-1-4-8-14/h1-10,13H,11-12H2,(H,20,21,23). The maximum Gasteiger partial charge on any atom is 0.226 e. The number of carbonyl (C=O) groups is 2. The van der Waals surface area contributed by atoms with Gasteiger partial charge in [-0.2, -0.15) is 0 Å². The molecule has 0 aliphatic heterocycles. The predicted octanol–water partition coefficient (Wildman–Crippen LogP) is 4.41. The third-order valence-corrected chi connectivity index (χ3v) is 4.25. The molecule has 0 bridgehead atoms. The maximum atomic E-state index is 12.0. The van der Waals surface area contributed by atoms with E-state index in [2.05, 4.69) is 10.3 Å². The Balaban J connectivity index is 1.54. The summed E-state index contributed by atoms with van der Waals surface area (Å²) in [5, 5.41) is 5.21. The molecule has 0 radical (unpaired) electrons. The predicted molar refractivity (Wildman–Crippen MR) is 96.2 cm³/mol. The smallest absolute Gasteiger partial charge is 0.226 e. The van der Waals surface area contributed by atoms with Crippen molar-refractivity contribution < 1.29 is 9.59 Å². The Labute approximate surface area is 144 Å². The minimum atomic E-state index is -0.201. The van der Waals surface area contributed by atoms with Gasteiger partial charge in [-0.05, 0) is 0 Å². The Bertz CT molecular complexity index is 829. The lowest BCUT2D eigenvalue weighted by atomic mass is 10.1. The van der Waals surface area contributed by atoms with E-state index in [1.165, 1.54) is 11.3 Å². The van der Waals surface area contributed by atoms with Crippen molar-refractivity contribution in [1.82, 2.24) is 4.98 Å². The molecule has 5 heteroatoms. The first-order chi connectivity index (χ1) is 11.7. The molecule has 0 unspecified atom stereocenters. The van der Waals surface area contributed by atoms with Gasteiger partial charge in [0.2, 0.25) is 5.91 Å². The molecular formula is C19H16N2O2S. The molecule has 0 atom stereocenters. The second-order valence-electron chi connectivity index (χ2n) is 5.24. The van der Waals surface area contributed by atoms with Crippen molar-refractivity contribution in [3.05, 3.63) is 71.6 Å². The van der Waals surface area contributed by atoms with Gasteiger partial charge in [-0.1, -0.05) is 60.7 Å². The highest BCUT2D eigenvalue weighted by atomic mass is 32.1. The first-order valence-corrected chi connectivity index (χ1v) is 8.49. The van der Waals surface area contributed by atoms with Crippen LogP contribution < -0.4 is 5.32 Å². The van der Waals surface area contributed by atoms with Crippen LogP contribution in [0.25, 0.3) is 11.3 Å². The molecule has 1 heterocycles. The molecule has 0 aliphatic rings. The number of hydrogen-bond donors (Lipinski definition) is 1. The largest absolute Gasteiger partial charge is 0.302 e. The van der Waals surface area contributed by atoms with Gasteiger partial charge in [-0.25, -0.2) is 4.98 Å². The molecule has 120 valence electrons. The first-order valence-electron chi connectivity index (χ1n) is 7.61. The van der Waals surface area contributed by atoms with E-state index in [0.717, 1.165) is 11.3 Å². The van der Waals surface area contributed by atoms with Crippen molar-refractivity contribution >= 4 is 28.2 Å². The highest BCUT2D eigenvalue weighted by molar-refractivity contribution is 7.14. The van der Waals surface area contributed by atoms with Crippen LogP contribution in [0.1, 0.15) is 23.2 Å². The molecule has 0 fully saturated rings. The second-order valence-corrected chi connectivity index (χ2v) is 6.10. The lowest BCUT2D eigenvalue weighted by molar-refractivity contribution is -0.116. The number of hydrogen-bond acceptors (Lipinski definition) is 4. The Morgan fingerprint density at radius 3 is 2.29 bits per heavy atom. The third kappa shape index (κ3) is 4.14. The molecule has 1 aromatic heterocycles. The fourth-order valence-electron chi connectivity index (χ4n) is 2.25. The summed E-state index contributed by atoms with van der Waals surface area (Å²) >= 11 is 1.38. The third-order valence-electron chi connectivity index (χ3n) is 3.49. The van der Waals surface area contributed by atoms with Gasteiger partial charge in [-0.3, -0.25) is 9.59 Å². The average molecular weight is 336 g/mol. The van der Waals surface area contributed by atoms with Crippen LogP contribution in [-0.4, -0.2) is 16.7 Å². The number of carbonyl (C=O) groups excluding carboxylic acids is 2. The number of aromatic nitrogens is 1. The number of thiazole rings is 1. The number of rotatable bonds is 6. The van der Waals surface area contributed by atoms with E-state index in [1.54, 1.807) is 12.1 Å². The first kappa shape index (κ1) is 16.1. The van der Waals surface area contributed by atoms with Gasteiger partial charge in [-0.15, -0.1) is 11.3 Å². The summed E-state index contributed by atoms with van der Waals surface area (Å²) in [5.74, 6) is -0.233. The molecule has 3 rings (SSSR count).